The lowest BCUT2D eigenvalue weighted by atomic mass is 10.1. The van der Waals surface area contributed by atoms with Crippen molar-refractivity contribution in [3.63, 3.8) is 0 Å². The van der Waals surface area contributed by atoms with E-state index in [9.17, 15) is 0 Å². The minimum absolute atomic E-state index is 0.920. The van der Waals surface area contributed by atoms with Crippen molar-refractivity contribution in [2.45, 2.75) is 6.42 Å². The number of aromatic nitrogens is 1. The van der Waals surface area contributed by atoms with Gasteiger partial charge in [0.2, 0.25) is 0 Å². The van der Waals surface area contributed by atoms with Crippen molar-refractivity contribution >= 4 is 12.2 Å². The summed E-state index contributed by atoms with van der Waals surface area (Å²) in [5, 5.41) is 2.58. The molecule has 1 aliphatic rings. The second-order valence-corrected chi connectivity index (χ2v) is 3.72. The van der Waals surface area contributed by atoms with Crippen LogP contribution in [0.25, 0.3) is 12.2 Å². The summed E-state index contributed by atoms with van der Waals surface area (Å²) in [5.74, 6) is 0. The number of benzene rings is 1. The van der Waals surface area contributed by atoms with Crippen LogP contribution in [0, 0.1) is 0 Å². The zero-order chi connectivity index (χ0) is 10.1. The van der Waals surface area contributed by atoms with Gasteiger partial charge in [-0.25, -0.2) is 0 Å². The Kier molecular flexibility index (Phi) is 1.88. The summed E-state index contributed by atoms with van der Waals surface area (Å²) in [6.45, 7) is 0. The molecule has 1 heteroatoms. The first kappa shape index (κ1) is 8.42. The molecule has 0 radical (unpaired) electrons. The average Bonchev–Trinajstić information content (AvgIpc) is 2.48. The van der Waals surface area contributed by atoms with Crippen LogP contribution in [-0.4, -0.2) is 4.98 Å². The first-order chi connectivity index (χ1) is 7.43. The van der Waals surface area contributed by atoms with Crippen molar-refractivity contribution in [1.82, 2.24) is 4.98 Å². The van der Waals surface area contributed by atoms with Crippen LogP contribution in [0.4, 0.5) is 0 Å². The van der Waals surface area contributed by atoms with Crippen LogP contribution >= 0.6 is 0 Å². The Morgan fingerprint density at radius 2 is 1.80 bits per heavy atom. The fourth-order valence-corrected chi connectivity index (χ4v) is 1.95. The van der Waals surface area contributed by atoms with E-state index in [2.05, 4.69) is 47.5 Å². The molecule has 72 valence electrons. The van der Waals surface area contributed by atoms with E-state index in [4.69, 9.17) is 0 Å². The molecule has 15 heavy (non-hydrogen) atoms. The van der Waals surface area contributed by atoms with Gasteiger partial charge in [-0.2, -0.15) is 0 Å². The minimum atomic E-state index is 0.920. The molecule has 0 fully saturated rings. The molecular formula is C14H11N. The van der Waals surface area contributed by atoms with Gasteiger partial charge in [0.25, 0.3) is 0 Å². The molecular weight excluding hydrogens is 182 g/mol. The molecule has 1 heterocycles. The molecule has 0 atom stereocenters. The quantitative estimate of drug-likeness (QED) is 0.613. The number of fused-ring (bicyclic) bond motifs is 2. The van der Waals surface area contributed by atoms with Gasteiger partial charge < -0.3 is 0 Å². The maximum Gasteiger partial charge on any atom is 0.0513 e. The van der Waals surface area contributed by atoms with Gasteiger partial charge in [-0.05, 0) is 28.1 Å². The predicted octanol–water partition coefficient (Wildman–Crippen LogP) is 1.25. The molecule has 0 saturated carbocycles. The van der Waals surface area contributed by atoms with Crippen LogP contribution in [0.3, 0.4) is 0 Å². The van der Waals surface area contributed by atoms with Gasteiger partial charge in [-0.1, -0.05) is 36.4 Å². The van der Waals surface area contributed by atoms with E-state index < -0.39 is 0 Å². The molecule has 1 aliphatic carbocycles. The number of rotatable bonds is 0. The lowest BCUT2D eigenvalue weighted by Gasteiger charge is -1.98. The zero-order valence-electron chi connectivity index (χ0n) is 8.35. The lowest BCUT2D eigenvalue weighted by Crippen LogP contribution is -2.22. The highest BCUT2D eigenvalue weighted by atomic mass is 14.7. The van der Waals surface area contributed by atoms with E-state index in [0.29, 0.717) is 0 Å². The summed E-state index contributed by atoms with van der Waals surface area (Å²) >= 11 is 0. The summed E-state index contributed by atoms with van der Waals surface area (Å²) in [5.41, 5.74) is 2.40. The van der Waals surface area contributed by atoms with Crippen molar-refractivity contribution in [3.8, 4) is 0 Å². The standard InChI is InChI=1S/C14H11N/c1-2-5-12-10-13-6-3-9-15-14(13)8-7-11(12)4-1/h1-7,9-10H,8H2. The molecule has 0 unspecified atom stereocenters. The lowest BCUT2D eigenvalue weighted by molar-refractivity contribution is 1.13. The van der Waals surface area contributed by atoms with Gasteiger partial charge in [0, 0.05) is 12.6 Å². The Labute approximate surface area is 88.4 Å². The summed E-state index contributed by atoms with van der Waals surface area (Å²) in [7, 11) is 0. The zero-order valence-corrected chi connectivity index (χ0v) is 8.35. The highest BCUT2D eigenvalue weighted by Gasteiger charge is 2.01. The smallest absolute Gasteiger partial charge is 0.0513 e. The molecule has 1 aromatic heterocycles. The van der Waals surface area contributed by atoms with Crippen molar-refractivity contribution in [2.75, 3.05) is 0 Å². The van der Waals surface area contributed by atoms with Crippen molar-refractivity contribution in [2.24, 2.45) is 0 Å². The van der Waals surface area contributed by atoms with E-state index in [0.717, 1.165) is 12.1 Å². The van der Waals surface area contributed by atoms with Gasteiger partial charge in [0.1, 0.15) is 0 Å². The highest BCUT2D eigenvalue weighted by molar-refractivity contribution is 5.56. The third-order valence-electron chi connectivity index (χ3n) is 2.75. The Hall–Kier alpha value is -1.89. The Bertz CT molecular complexity index is 611. The van der Waals surface area contributed by atoms with Crippen molar-refractivity contribution in [3.05, 3.63) is 64.3 Å². The van der Waals surface area contributed by atoms with Crippen LogP contribution in [-0.2, 0) is 6.42 Å². The van der Waals surface area contributed by atoms with Crippen LogP contribution in [0.1, 0.15) is 11.3 Å². The van der Waals surface area contributed by atoms with Crippen molar-refractivity contribution < 1.29 is 0 Å². The van der Waals surface area contributed by atoms with E-state index >= 15 is 0 Å². The number of hydrogen-bond acceptors (Lipinski definition) is 1. The largest absolute Gasteiger partial charge is 0.260 e. The van der Waals surface area contributed by atoms with Gasteiger partial charge in [0.15, 0.2) is 0 Å². The fourth-order valence-electron chi connectivity index (χ4n) is 1.95. The van der Waals surface area contributed by atoms with Gasteiger partial charge in [-0.3, -0.25) is 4.98 Å². The molecule has 2 aromatic rings. The molecule has 0 spiro atoms. The van der Waals surface area contributed by atoms with E-state index in [-0.39, 0.29) is 0 Å². The number of hydrogen-bond donors (Lipinski definition) is 0. The predicted molar refractivity (Wildman–Crippen MR) is 61.7 cm³/mol. The molecule has 3 rings (SSSR count). The Balaban J connectivity index is 2.36. The first-order valence-corrected chi connectivity index (χ1v) is 5.14. The second kappa shape index (κ2) is 3.35. The molecule has 0 amide bonds. The molecule has 0 saturated heterocycles. The van der Waals surface area contributed by atoms with Crippen molar-refractivity contribution in [1.29, 1.82) is 0 Å². The van der Waals surface area contributed by atoms with E-state index in [1.807, 2.05) is 12.3 Å². The van der Waals surface area contributed by atoms with Crippen LogP contribution in [0.2, 0.25) is 0 Å². The number of pyridine rings is 1. The van der Waals surface area contributed by atoms with Gasteiger partial charge in [0.05, 0.1) is 5.69 Å². The minimum Gasteiger partial charge on any atom is -0.260 e. The SMILES string of the molecule is C1=c2ccccc2=Cc2cccnc2C1. The summed E-state index contributed by atoms with van der Waals surface area (Å²) in [6.07, 6.45) is 7.23. The van der Waals surface area contributed by atoms with E-state index in [1.165, 1.54) is 16.0 Å². The van der Waals surface area contributed by atoms with Crippen LogP contribution in [0.15, 0.2) is 42.6 Å². The summed E-state index contributed by atoms with van der Waals surface area (Å²) < 4.78 is 0. The Morgan fingerprint density at radius 3 is 2.73 bits per heavy atom. The van der Waals surface area contributed by atoms with Gasteiger partial charge >= 0.3 is 0 Å². The first-order valence-electron chi connectivity index (χ1n) is 5.14. The maximum atomic E-state index is 4.40. The topological polar surface area (TPSA) is 12.9 Å². The van der Waals surface area contributed by atoms with Crippen LogP contribution in [0.5, 0.6) is 0 Å². The average molecular weight is 193 g/mol. The highest BCUT2D eigenvalue weighted by Crippen LogP contribution is 2.08. The molecule has 0 N–H and O–H groups in total. The molecule has 0 aliphatic heterocycles. The summed E-state index contributed by atoms with van der Waals surface area (Å²) in [4.78, 5) is 4.40. The van der Waals surface area contributed by atoms with Gasteiger partial charge in [-0.15, -0.1) is 0 Å². The maximum absolute atomic E-state index is 4.40. The third kappa shape index (κ3) is 1.46. The molecule has 0 bridgehead atoms. The normalized spacial score (nSPS) is 12.8. The summed E-state index contributed by atoms with van der Waals surface area (Å²) in [6, 6.07) is 12.6. The number of nitrogens with zero attached hydrogens (tertiary/aromatic N) is 1. The van der Waals surface area contributed by atoms with E-state index in [1.54, 1.807) is 0 Å². The fraction of sp³-hybridized carbons (Fsp3) is 0.0714. The molecule has 1 nitrogen and oxygen atoms in total. The monoisotopic (exact) mass is 193 g/mol. The molecule has 1 aromatic carbocycles. The third-order valence-corrected chi connectivity index (χ3v) is 2.75. The Morgan fingerprint density at radius 1 is 0.933 bits per heavy atom. The van der Waals surface area contributed by atoms with Crippen LogP contribution < -0.4 is 10.4 Å². The second-order valence-electron chi connectivity index (χ2n) is 3.72.